The van der Waals surface area contributed by atoms with Crippen molar-refractivity contribution >= 4 is 39.6 Å². The molecule has 10 heteroatoms. The number of thiazole rings is 2. The summed E-state index contributed by atoms with van der Waals surface area (Å²) in [7, 11) is 0. The van der Waals surface area contributed by atoms with Gasteiger partial charge in [0, 0.05) is 63.4 Å². The summed E-state index contributed by atoms with van der Waals surface area (Å²) >= 11 is 2.78. The molecule has 3 aromatic rings. The van der Waals surface area contributed by atoms with Gasteiger partial charge < -0.3 is 15.1 Å². The fraction of sp³-hybridized carbons (Fsp3) is 0.364. The van der Waals surface area contributed by atoms with Gasteiger partial charge in [-0.3, -0.25) is 14.5 Å². The van der Waals surface area contributed by atoms with Crippen LogP contribution in [0.5, 0.6) is 0 Å². The van der Waals surface area contributed by atoms with E-state index in [0.29, 0.717) is 35.6 Å². The van der Waals surface area contributed by atoms with Crippen LogP contribution in [0.2, 0.25) is 0 Å². The number of nitrogens with one attached hydrogen (secondary N) is 1. The average Bonchev–Trinajstić information content (AvgIpc) is 3.50. The molecular formula is C22H24N6O2S2. The lowest BCUT2D eigenvalue weighted by molar-refractivity contribution is 0.00878. The molecule has 0 bridgehead atoms. The molecular weight excluding hydrogens is 444 g/mol. The van der Waals surface area contributed by atoms with Gasteiger partial charge in [-0.25, -0.2) is 9.97 Å². The molecule has 32 heavy (non-hydrogen) atoms. The first-order valence-electron chi connectivity index (χ1n) is 10.6. The minimum absolute atomic E-state index is 0.0203. The van der Waals surface area contributed by atoms with Crippen LogP contribution in [0, 0.1) is 0 Å². The van der Waals surface area contributed by atoms with Gasteiger partial charge in [0.05, 0.1) is 6.20 Å². The van der Waals surface area contributed by atoms with E-state index in [1.807, 2.05) is 33.4 Å². The van der Waals surface area contributed by atoms with Crippen LogP contribution in [-0.2, 0) is 6.54 Å². The van der Waals surface area contributed by atoms with Crippen molar-refractivity contribution in [1.82, 2.24) is 24.7 Å². The Morgan fingerprint density at radius 2 is 1.78 bits per heavy atom. The van der Waals surface area contributed by atoms with E-state index < -0.39 is 0 Å². The highest BCUT2D eigenvalue weighted by Crippen LogP contribution is 2.25. The molecule has 4 heterocycles. The van der Waals surface area contributed by atoms with Crippen LogP contribution in [0.4, 0.5) is 5.13 Å². The molecule has 0 spiro atoms. The fourth-order valence-corrected chi connectivity index (χ4v) is 5.37. The van der Waals surface area contributed by atoms with Gasteiger partial charge in [-0.15, -0.1) is 11.3 Å². The zero-order valence-electron chi connectivity index (χ0n) is 17.5. The smallest absolute Gasteiger partial charge is 0.282 e. The monoisotopic (exact) mass is 468 g/mol. The second-order valence-electron chi connectivity index (χ2n) is 7.90. The molecule has 2 amide bonds. The van der Waals surface area contributed by atoms with Crippen molar-refractivity contribution in [3.63, 3.8) is 0 Å². The summed E-state index contributed by atoms with van der Waals surface area (Å²) in [4.78, 5) is 40.5. The maximum Gasteiger partial charge on any atom is 0.282 e. The van der Waals surface area contributed by atoms with Crippen molar-refractivity contribution in [3.05, 3.63) is 63.6 Å². The van der Waals surface area contributed by atoms with Crippen molar-refractivity contribution in [3.8, 4) is 0 Å². The number of likely N-dealkylation sites (tertiary alicyclic amines) is 1. The summed E-state index contributed by atoms with van der Waals surface area (Å²) < 4.78 is 0. The first kappa shape index (κ1) is 21.0. The van der Waals surface area contributed by atoms with Gasteiger partial charge in [0.25, 0.3) is 11.8 Å². The zero-order chi connectivity index (χ0) is 21.9. The number of aromatic nitrogens is 2. The van der Waals surface area contributed by atoms with Crippen LogP contribution in [0.1, 0.15) is 25.0 Å². The molecule has 0 saturated carbocycles. The highest BCUT2D eigenvalue weighted by atomic mass is 32.1. The zero-order valence-corrected chi connectivity index (χ0v) is 19.1. The molecule has 2 saturated heterocycles. The molecule has 0 aliphatic carbocycles. The standard InChI is InChI=1S/C22H24N6O2S2/c29-20(18-13-25-22(32-18)24-12-16-4-2-1-3-5-16)28-14-17(15-28)26-7-9-27(10-8-26)21(30)19-23-6-11-31-19/h1-6,11,13,17H,7-10,12,14-15H2,(H,24,25). The normalized spacial score (nSPS) is 17.2. The number of carbonyl (C=O) groups excluding carboxylic acids is 2. The lowest BCUT2D eigenvalue weighted by Crippen LogP contribution is -2.64. The first-order valence-corrected chi connectivity index (χ1v) is 12.3. The number of benzene rings is 1. The minimum Gasteiger partial charge on any atom is -0.357 e. The van der Waals surface area contributed by atoms with Gasteiger partial charge in [-0.05, 0) is 5.56 Å². The van der Waals surface area contributed by atoms with Gasteiger partial charge in [-0.1, -0.05) is 41.7 Å². The topological polar surface area (TPSA) is 81.7 Å². The first-order chi connectivity index (χ1) is 15.7. The summed E-state index contributed by atoms with van der Waals surface area (Å²) in [6.45, 7) is 5.21. The van der Waals surface area contributed by atoms with Crippen molar-refractivity contribution in [1.29, 1.82) is 0 Å². The number of amides is 2. The Hall–Kier alpha value is -2.82. The van der Waals surface area contributed by atoms with E-state index in [1.54, 1.807) is 12.4 Å². The van der Waals surface area contributed by atoms with Crippen molar-refractivity contribution < 1.29 is 9.59 Å². The van der Waals surface area contributed by atoms with Crippen molar-refractivity contribution in [2.75, 3.05) is 44.6 Å². The Balaban J connectivity index is 1.07. The quantitative estimate of drug-likeness (QED) is 0.599. The number of nitrogens with zero attached hydrogens (tertiary/aromatic N) is 5. The second-order valence-corrected chi connectivity index (χ2v) is 9.82. The van der Waals surface area contributed by atoms with Gasteiger partial charge in [-0.2, -0.15) is 0 Å². The molecule has 0 atom stereocenters. The van der Waals surface area contributed by atoms with E-state index in [2.05, 4.69) is 32.3 Å². The molecule has 5 rings (SSSR count). The third-order valence-electron chi connectivity index (χ3n) is 5.89. The van der Waals surface area contributed by atoms with Crippen LogP contribution in [0.3, 0.4) is 0 Å². The molecule has 1 aromatic carbocycles. The number of carbonyl (C=O) groups is 2. The van der Waals surface area contributed by atoms with Gasteiger partial charge in [0.2, 0.25) is 0 Å². The Morgan fingerprint density at radius 3 is 2.50 bits per heavy atom. The van der Waals surface area contributed by atoms with Gasteiger partial charge >= 0.3 is 0 Å². The molecule has 8 nitrogen and oxygen atoms in total. The van der Waals surface area contributed by atoms with E-state index >= 15 is 0 Å². The van der Waals surface area contributed by atoms with E-state index in [1.165, 1.54) is 28.2 Å². The lowest BCUT2D eigenvalue weighted by Gasteiger charge is -2.47. The van der Waals surface area contributed by atoms with Crippen molar-refractivity contribution in [2.24, 2.45) is 0 Å². The average molecular weight is 469 g/mol. The Morgan fingerprint density at radius 1 is 1.00 bits per heavy atom. The van der Waals surface area contributed by atoms with Crippen molar-refractivity contribution in [2.45, 2.75) is 12.6 Å². The summed E-state index contributed by atoms with van der Waals surface area (Å²) in [5.74, 6) is 0.0658. The van der Waals surface area contributed by atoms with E-state index in [4.69, 9.17) is 0 Å². The summed E-state index contributed by atoms with van der Waals surface area (Å²) in [5, 5.41) is 6.43. The highest BCUT2D eigenvalue weighted by Gasteiger charge is 2.37. The number of hydrogen-bond acceptors (Lipinski definition) is 8. The molecule has 166 valence electrons. The Bertz CT molecular complexity index is 1060. The summed E-state index contributed by atoms with van der Waals surface area (Å²) in [6.07, 6.45) is 3.33. The SMILES string of the molecule is O=C(c1cnc(NCc2ccccc2)s1)N1CC(N2CCN(C(=O)c3nccs3)CC2)C1. The molecule has 0 unspecified atom stereocenters. The Kier molecular flexibility index (Phi) is 6.15. The third-order valence-corrected chi connectivity index (χ3v) is 7.59. The van der Waals surface area contributed by atoms with Gasteiger partial charge in [0.1, 0.15) is 4.88 Å². The highest BCUT2D eigenvalue weighted by molar-refractivity contribution is 7.17. The van der Waals surface area contributed by atoms with E-state index in [-0.39, 0.29) is 11.8 Å². The summed E-state index contributed by atoms with van der Waals surface area (Å²) in [6, 6.07) is 10.5. The number of hydrogen-bond donors (Lipinski definition) is 1. The largest absolute Gasteiger partial charge is 0.357 e. The van der Waals surface area contributed by atoms with Crippen LogP contribution in [0.25, 0.3) is 0 Å². The lowest BCUT2D eigenvalue weighted by atomic mass is 10.1. The predicted molar refractivity (Wildman–Crippen MR) is 125 cm³/mol. The maximum absolute atomic E-state index is 12.8. The van der Waals surface area contributed by atoms with Crippen LogP contribution < -0.4 is 5.32 Å². The molecule has 0 radical (unpaired) electrons. The predicted octanol–water partition coefficient (Wildman–Crippen LogP) is 2.49. The van der Waals surface area contributed by atoms with Crippen LogP contribution in [-0.4, -0.2) is 81.8 Å². The number of rotatable bonds is 6. The van der Waals surface area contributed by atoms with Gasteiger partial charge in [0.15, 0.2) is 10.1 Å². The minimum atomic E-state index is 0.0203. The molecule has 2 aliphatic rings. The molecule has 1 N–H and O–H groups in total. The molecule has 2 aliphatic heterocycles. The number of anilines is 1. The van der Waals surface area contributed by atoms with Crippen LogP contribution in [0.15, 0.2) is 48.1 Å². The van der Waals surface area contributed by atoms with E-state index in [0.717, 1.165) is 31.3 Å². The molecule has 2 aromatic heterocycles. The van der Waals surface area contributed by atoms with E-state index in [9.17, 15) is 9.59 Å². The molecule has 2 fully saturated rings. The summed E-state index contributed by atoms with van der Waals surface area (Å²) in [5.41, 5.74) is 1.18. The van der Waals surface area contributed by atoms with Crippen LogP contribution >= 0.6 is 22.7 Å². The Labute approximate surface area is 194 Å². The fourth-order valence-electron chi connectivity index (χ4n) is 3.99. The second kappa shape index (κ2) is 9.35. The maximum atomic E-state index is 12.8. The number of piperazine rings is 1. The third kappa shape index (κ3) is 4.52.